The first kappa shape index (κ1) is 15.7. The fourth-order valence-electron chi connectivity index (χ4n) is 3.26. The molecule has 0 saturated heterocycles. The SMILES string of the molecule is CN(C)c1cccc2c1c1ncn(-c3ccc(Cl)cc3)c(=O)c1n2C. The van der Waals surface area contributed by atoms with E-state index in [9.17, 15) is 4.79 Å². The van der Waals surface area contributed by atoms with Gasteiger partial charge in [0.2, 0.25) is 0 Å². The van der Waals surface area contributed by atoms with E-state index in [0.717, 1.165) is 27.8 Å². The molecule has 25 heavy (non-hydrogen) atoms. The first-order valence-corrected chi connectivity index (χ1v) is 8.29. The molecule has 0 spiro atoms. The van der Waals surface area contributed by atoms with Crippen LogP contribution in [0, 0.1) is 0 Å². The van der Waals surface area contributed by atoms with Crippen molar-refractivity contribution in [3.05, 3.63) is 64.2 Å². The molecule has 2 aromatic heterocycles. The van der Waals surface area contributed by atoms with Crippen LogP contribution in [0.4, 0.5) is 5.69 Å². The largest absolute Gasteiger partial charge is 0.377 e. The Labute approximate surface area is 149 Å². The first-order valence-electron chi connectivity index (χ1n) is 7.91. The second-order valence-electron chi connectivity index (χ2n) is 6.22. The summed E-state index contributed by atoms with van der Waals surface area (Å²) < 4.78 is 3.46. The summed E-state index contributed by atoms with van der Waals surface area (Å²) in [5, 5.41) is 1.62. The summed E-state index contributed by atoms with van der Waals surface area (Å²) in [4.78, 5) is 19.8. The number of anilines is 1. The second kappa shape index (κ2) is 5.63. The highest BCUT2D eigenvalue weighted by Crippen LogP contribution is 2.32. The van der Waals surface area contributed by atoms with Crippen LogP contribution in [0.3, 0.4) is 0 Å². The van der Waals surface area contributed by atoms with Crippen LogP contribution in [0.5, 0.6) is 0 Å². The van der Waals surface area contributed by atoms with Crippen LogP contribution in [0.15, 0.2) is 53.6 Å². The predicted octanol–water partition coefficient (Wildman–Crippen LogP) is 3.60. The molecule has 0 N–H and O–H groups in total. The van der Waals surface area contributed by atoms with E-state index in [0.29, 0.717) is 10.5 Å². The Balaban J connectivity index is 2.10. The number of aryl methyl sites for hydroxylation is 1. The Morgan fingerprint density at radius 3 is 2.48 bits per heavy atom. The zero-order chi connectivity index (χ0) is 17.7. The molecule has 0 bridgehead atoms. The third-order valence-electron chi connectivity index (χ3n) is 4.49. The van der Waals surface area contributed by atoms with Crippen molar-refractivity contribution in [2.45, 2.75) is 0 Å². The van der Waals surface area contributed by atoms with Crippen LogP contribution in [0.1, 0.15) is 0 Å². The molecule has 0 atom stereocenters. The average Bonchev–Trinajstić information content (AvgIpc) is 2.90. The quantitative estimate of drug-likeness (QED) is 0.553. The van der Waals surface area contributed by atoms with E-state index in [1.807, 2.05) is 60.9 Å². The van der Waals surface area contributed by atoms with Crippen molar-refractivity contribution in [2.24, 2.45) is 7.05 Å². The predicted molar refractivity (Wildman–Crippen MR) is 103 cm³/mol. The molecule has 0 radical (unpaired) electrons. The van der Waals surface area contributed by atoms with Crippen molar-refractivity contribution in [3.63, 3.8) is 0 Å². The van der Waals surface area contributed by atoms with Gasteiger partial charge in [-0.15, -0.1) is 0 Å². The lowest BCUT2D eigenvalue weighted by molar-refractivity contribution is 0.926. The minimum Gasteiger partial charge on any atom is -0.377 e. The molecule has 4 rings (SSSR count). The van der Waals surface area contributed by atoms with Gasteiger partial charge in [0.25, 0.3) is 5.56 Å². The number of aromatic nitrogens is 3. The standard InChI is InChI=1S/C19H17ClN4O/c1-22(2)14-5-4-6-15-16(14)17-18(23(15)3)19(25)24(11-21-17)13-9-7-12(20)8-10-13/h4-11H,1-3H3. The van der Waals surface area contributed by atoms with Crippen molar-refractivity contribution in [2.75, 3.05) is 19.0 Å². The molecule has 6 heteroatoms. The summed E-state index contributed by atoms with van der Waals surface area (Å²) >= 11 is 5.95. The number of benzene rings is 2. The highest BCUT2D eigenvalue weighted by atomic mass is 35.5. The number of halogens is 1. The summed E-state index contributed by atoms with van der Waals surface area (Å²) in [6, 6.07) is 13.2. The first-order chi connectivity index (χ1) is 12.0. The molecule has 0 aliphatic heterocycles. The zero-order valence-electron chi connectivity index (χ0n) is 14.2. The minimum atomic E-state index is -0.101. The molecule has 0 amide bonds. The maximum atomic E-state index is 13.1. The van der Waals surface area contributed by atoms with E-state index >= 15 is 0 Å². The molecule has 0 fully saturated rings. The fraction of sp³-hybridized carbons (Fsp3) is 0.158. The Hall–Kier alpha value is -2.79. The van der Waals surface area contributed by atoms with Crippen molar-refractivity contribution >= 4 is 39.2 Å². The van der Waals surface area contributed by atoms with Gasteiger partial charge in [0.05, 0.1) is 11.2 Å². The molecule has 0 aliphatic carbocycles. The summed E-state index contributed by atoms with van der Waals surface area (Å²) in [5.41, 5.74) is 3.97. The van der Waals surface area contributed by atoms with Gasteiger partial charge in [0, 0.05) is 37.2 Å². The molecule has 2 aromatic carbocycles. The minimum absolute atomic E-state index is 0.101. The number of fused-ring (bicyclic) bond motifs is 3. The van der Waals surface area contributed by atoms with Crippen LogP contribution in [-0.2, 0) is 7.05 Å². The lowest BCUT2D eigenvalue weighted by atomic mass is 10.2. The molecule has 126 valence electrons. The molecule has 2 heterocycles. The maximum Gasteiger partial charge on any atom is 0.282 e. The Kier molecular flexibility index (Phi) is 3.54. The molecule has 4 aromatic rings. The van der Waals surface area contributed by atoms with E-state index in [1.165, 1.54) is 0 Å². The van der Waals surface area contributed by atoms with Crippen molar-refractivity contribution in [3.8, 4) is 5.69 Å². The van der Waals surface area contributed by atoms with Gasteiger partial charge < -0.3 is 9.47 Å². The van der Waals surface area contributed by atoms with E-state index in [-0.39, 0.29) is 5.56 Å². The highest BCUT2D eigenvalue weighted by Gasteiger charge is 2.18. The average molecular weight is 353 g/mol. The van der Waals surface area contributed by atoms with Crippen molar-refractivity contribution in [1.82, 2.24) is 14.1 Å². The third-order valence-corrected chi connectivity index (χ3v) is 4.74. The maximum absolute atomic E-state index is 13.1. The Morgan fingerprint density at radius 2 is 1.80 bits per heavy atom. The second-order valence-corrected chi connectivity index (χ2v) is 6.65. The summed E-state index contributed by atoms with van der Waals surface area (Å²) in [5.74, 6) is 0. The van der Waals surface area contributed by atoms with E-state index < -0.39 is 0 Å². The van der Waals surface area contributed by atoms with Crippen LogP contribution >= 0.6 is 11.6 Å². The number of hydrogen-bond acceptors (Lipinski definition) is 3. The molecular weight excluding hydrogens is 336 g/mol. The van der Waals surface area contributed by atoms with E-state index in [1.54, 1.807) is 23.0 Å². The van der Waals surface area contributed by atoms with Gasteiger partial charge in [0.15, 0.2) is 0 Å². The zero-order valence-corrected chi connectivity index (χ0v) is 14.9. The number of rotatable bonds is 2. The van der Waals surface area contributed by atoms with Crippen LogP contribution in [0.25, 0.3) is 27.6 Å². The van der Waals surface area contributed by atoms with Crippen LogP contribution in [0.2, 0.25) is 5.02 Å². The molecule has 0 unspecified atom stereocenters. The van der Waals surface area contributed by atoms with Gasteiger partial charge in [-0.3, -0.25) is 9.36 Å². The van der Waals surface area contributed by atoms with Crippen LogP contribution < -0.4 is 10.5 Å². The molecule has 0 aliphatic rings. The van der Waals surface area contributed by atoms with Crippen LogP contribution in [-0.4, -0.2) is 28.2 Å². The van der Waals surface area contributed by atoms with Gasteiger partial charge >= 0.3 is 0 Å². The Morgan fingerprint density at radius 1 is 1.08 bits per heavy atom. The normalized spacial score (nSPS) is 11.4. The van der Waals surface area contributed by atoms with Crippen molar-refractivity contribution < 1.29 is 0 Å². The summed E-state index contributed by atoms with van der Waals surface area (Å²) in [6.07, 6.45) is 1.58. The van der Waals surface area contributed by atoms with E-state index in [2.05, 4.69) is 4.98 Å². The van der Waals surface area contributed by atoms with Gasteiger partial charge in [-0.2, -0.15) is 0 Å². The molecule has 0 saturated carbocycles. The van der Waals surface area contributed by atoms with Gasteiger partial charge in [-0.05, 0) is 36.4 Å². The Bertz CT molecular complexity index is 1160. The number of hydrogen-bond donors (Lipinski definition) is 0. The topological polar surface area (TPSA) is 43.1 Å². The lowest BCUT2D eigenvalue weighted by Gasteiger charge is -2.13. The summed E-state index contributed by atoms with van der Waals surface area (Å²) in [6.45, 7) is 0. The van der Waals surface area contributed by atoms with Crippen molar-refractivity contribution in [1.29, 1.82) is 0 Å². The van der Waals surface area contributed by atoms with Gasteiger partial charge in [-0.25, -0.2) is 4.98 Å². The fourth-order valence-corrected chi connectivity index (χ4v) is 3.38. The smallest absolute Gasteiger partial charge is 0.282 e. The summed E-state index contributed by atoms with van der Waals surface area (Å²) in [7, 11) is 5.88. The molecule has 5 nitrogen and oxygen atoms in total. The highest BCUT2D eigenvalue weighted by molar-refractivity contribution is 6.30. The monoisotopic (exact) mass is 352 g/mol. The van der Waals surface area contributed by atoms with E-state index in [4.69, 9.17) is 11.6 Å². The molecular formula is C19H17ClN4O. The number of nitrogens with zero attached hydrogens (tertiary/aromatic N) is 4. The lowest BCUT2D eigenvalue weighted by Crippen LogP contribution is -2.20. The third kappa shape index (κ3) is 2.31. The van der Waals surface area contributed by atoms with Gasteiger partial charge in [-0.1, -0.05) is 17.7 Å². The van der Waals surface area contributed by atoms with Gasteiger partial charge in [0.1, 0.15) is 17.4 Å².